The van der Waals surface area contributed by atoms with Gasteiger partial charge in [-0.15, -0.1) is 11.3 Å². The molecule has 2 heterocycles. The van der Waals surface area contributed by atoms with Crippen molar-refractivity contribution in [1.29, 1.82) is 0 Å². The minimum absolute atomic E-state index is 0.738. The van der Waals surface area contributed by atoms with E-state index in [4.69, 9.17) is 9.97 Å². The molecule has 0 fully saturated rings. The molecule has 264 valence electrons. The van der Waals surface area contributed by atoms with Crippen LogP contribution in [0.25, 0.3) is 119 Å². The maximum Gasteiger partial charge on any atom is 0.161 e. The van der Waals surface area contributed by atoms with E-state index in [0.717, 1.165) is 44.0 Å². The van der Waals surface area contributed by atoms with Gasteiger partial charge in [0.05, 0.1) is 5.69 Å². The number of rotatable bonds is 4. The number of fused-ring (bicyclic) bond motifs is 14. The van der Waals surface area contributed by atoms with Crippen LogP contribution < -0.4 is 0 Å². The zero-order valence-electron chi connectivity index (χ0n) is 30.8. The van der Waals surface area contributed by atoms with Gasteiger partial charge in [-0.05, 0) is 88.9 Å². The first kappa shape index (κ1) is 32.1. The molecule has 0 atom stereocenters. The summed E-state index contributed by atoms with van der Waals surface area (Å²) in [4.78, 5) is 11.7. The van der Waals surface area contributed by atoms with E-state index >= 15 is 0 Å². The quantitative estimate of drug-likeness (QED) is 0.168. The fraction of sp³-hybridized carbons (Fsp3) is 0. The van der Waals surface area contributed by atoms with Crippen molar-refractivity contribution in [3.8, 4) is 44.9 Å². The zero-order valence-corrected chi connectivity index (χ0v) is 31.6. The van der Waals surface area contributed by atoms with Crippen LogP contribution in [-0.4, -0.2) is 9.97 Å². The lowest BCUT2D eigenvalue weighted by atomic mass is 9.91. The summed E-state index contributed by atoms with van der Waals surface area (Å²) in [5, 5.41) is 15.0. The second kappa shape index (κ2) is 12.7. The van der Waals surface area contributed by atoms with Crippen molar-refractivity contribution in [2.45, 2.75) is 0 Å². The first-order valence-corrected chi connectivity index (χ1v) is 20.2. The van der Waals surface area contributed by atoms with Gasteiger partial charge in [-0.25, -0.2) is 9.97 Å². The highest BCUT2D eigenvalue weighted by atomic mass is 32.1. The van der Waals surface area contributed by atoms with Gasteiger partial charge in [0.2, 0.25) is 0 Å². The van der Waals surface area contributed by atoms with Crippen LogP contribution >= 0.6 is 11.3 Å². The molecule has 0 bridgehead atoms. The monoisotopic (exact) mass is 740 g/mol. The van der Waals surface area contributed by atoms with E-state index in [0.29, 0.717) is 0 Å². The molecule has 0 saturated heterocycles. The lowest BCUT2D eigenvalue weighted by Gasteiger charge is -2.13. The second-order valence-corrected chi connectivity index (χ2v) is 15.9. The highest BCUT2D eigenvalue weighted by molar-refractivity contribution is 7.26. The van der Waals surface area contributed by atoms with Crippen LogP contribution in [0.3, 0.4) is 0 Å². The van der Waals surface area contributed by atoms with Gasteiger partial charge in [-0.3, -0.25) is 0 Å². The molecular weight excluding hydrogens is 709 g/mol. The molecule has 3 heteroatoms. The van der Waals surface area contributed by atoms with E-state index in [1.165, 1.54) is 75.1 Å². The number of benzene rings is 10. The van der Waals surface area contributed by atoms with Crippen molar-refractivity contribution >= 4 is 85.5 Å². The standard InChI is InChI=1S/C54H32N2S/c1-2-14-33(15-3-1)53-55-51(50-49-46-26-10-8-23-42(46)43-24-9-11-27-47(43)52(49)57-54(50)56-53)38-19-13-18-36(31-38)34-16-12-17-35(30-34)37-28-29-45-41-22-5-4-20-39(41)40-21-6-7-25-44(40)48(45)32-37/h1-32H. The van der Waals surface area contributed by atoms with Gasteiger partial charge in [-0.2, -0.15) is 0 Å². The van der Waals surface area contributed by atoms with Crippen molar-refractivity contribution in [3.63, 3.8) is 0 Å². The van der Waals surface area contributed by atoms with Crippen LogP contribution in [0.5, 0.6) is 0 Å². The Balaban J connectivity index is 1.05. The lowest BCUT2D eigenvalue weighted by molar-refractivity contribution is 1.24. The molecule has 0 radical (unpaired) electrons. The predicted octanol–water partition coefficient (Wildman–Crippen LogP) is 15.3. The van der Waals surface area contributed by atoms with E-state index in [2.05, 4.69) is 188 Å². The highest BCUT2D eigenvalue weighted by Crippen LogP contribution is 2.47. The van der Waals surface area contributed by atoms with E-state index < -0.39 is 0 Å². The largest absolute Gasteiger partial charge is 0.227 e. The van der Waals surface area contributed by atoms with Gasteiger partial charge in [0.1, 0.15) is 4.83 Å². The topological polar surface area (TPSA) is 25.8 Å². The average Bonchev–Trinajstić information content (AvgIpc) is 3.69. The van der Waals surface area contributed by atoms with Gasteiger partial charge in [0.25, 0.3) is 0 Å². The first-order chi connectivity index (χ1) is 28.3. The molecule has 0 spiro atoms. The molecule has 12 rings (SSSR count). The van der Waals surface area contributed by atoms with Crippen LogP contribution in [0.1, 0.15) is 0 Å². The second-order valence-electron chi connectivity index (χ2n) is 14.9. The summed E-state index contributed by atoms with van der Waals surface area (Å²) in [5.41, 5.74) is 7.74. The summed E-state index contributed by atoms with van der Waals surface area (Å²) in [6.07, 6.45) is 0. The summed E-state index contributed by atoms with van der Waals surface area (Å²) in [6.45, 7) is 0. The molecule has 0 saturated carbocycles. The normalized spacial score (nSPS) is 11.9. The minimum atomic E-state index is 0.738. The van der Waals surface area contributed by atoms with E-state index in [9.17, 15) is 0 Å². The third kappa shape index (κ3) is 5.03. The number of thiophene rings is 1. The molecule has 2 aromatic heterocycles. The van der Waals surface area contributed by atoms with Gasteiger partial charge < -0.3 is 0 Å². The minimum Gasteiger partial charge on any atom is -0.227 e. The third-order valence-electron chi connectivity index (χ3n) is 11.7. The fourth-order valence-electron chi connectivity index (χ4n) is 9.04. The molecular formula is C54H32N2S. The summed E-state index contributed by atoms with van der Waals surface area (Å²) < 4.78 is 1.25. The summed E-state index contributed by atoms with van der Waals surface area (Å²) >= 11 is 1.77. The Kier molecular flexibility index (Phi) is 7.13. The van der Waals surface area contributed by atoms with Crippen molar-refractivity contribution < 1.29 is 0 Å². The molecule has 10 aromatic carbocycles. The van der Waals surface area contributed by atoms with E-state index in [-0.39, 0.29) is 0 Å². The molecule has 0 aliphatic rings. The molecule has 12 aromatic rings. The van der Waals surface area contributed by atoms with Gasteiger partial charge >= 0.3 is 0 Å². The van der Waals surface area contributed by atoms with Crippen molar-refractivity contribution in [1.82, 2.24) is 9.97 Å². The Bertz CT molecular complexity index is 3550. The number of aromatic nitrogens is 2. The molecule has 2 nitrogen and oxygen atoms in total. The smallest absolute Gasteiger partial charge is 0.161 e. The molecule has 0 unspecified atom stereocenters. The van der Waals surface area contributed by atoms with Gasteiger partial charge in [0, 0.05) is 32.0 Å². The Morgan fingerprint density at radius 3 is 1.35 bits per heavy atom. The van der Waals surface area contributed by atoms with Crippen LogP contribution in [-0.2, 0) is 0 Å². The van der Waals surface area contributed by atoms with Crippen molar-refractivity contribution in [3.05, 3.63) is 194 Å². The van der Waals surface area contributed by atoms with Crippen LogP contribution in [0, 0.1) is 0 Å². The van der Waals surface area contributed by atoms with E-state index in [1.54, 1.807) is 11.3 Å². The summed E-state index contributed by atoms with van der Waals surface area (Å²) in [7, 11) is 0. The van der Waals surface area contributed by atoms with E-state index in [1.807, 2.05) is 6.07 Å². The third-order valence-corrected chi connectivity index (χ3v) is 12.8. The first-order valence-electron chi connectivity index (χ1n) is 19.4. The SMILES string of the molecule is c1ccc(-c2nc(-c3cccc(-c4cccc(-c5ccc6c7ccccc7c7ccccc7c6c5)c4)c3)c3c(n2)sc2c4ccccc4c4ccccc4c23)cc1. The number of hydrogen-bond donors (Lipinski definition) is 0. The fourth-order valence-corrected chi connectivity index (χ4v) is 10.3. The molecule has 0 N–H and O–H groups in total. The summed E-state index contributed by atoms with van der Waals surface area (Å²) in [5.74, 6) is 0.738. The average molecular weight is 741 g/mol. The van der Waals surface area contributed by atoms with Crippen LogP contribution in [0.2, 0.25) is 0 Å². The number of hydrogen-bond acceptors (Lipinski definition) is 3. The van der Waals surface area contributed by atoms with Crippen LogP contribution in [0.4, 0.5) is 0 Å². The predicted molar refractivity (Wildman–Crippen MR) is 244 cm³/mol. The number of nitrogens with zero attached hydrogens (tertiary/aromatic N) is 2. The van der Waals surface area contributed by atoms with Crippen LogP contribution in [0.15, 0.2) is 194 Å². The highest BCUT2D eigenvalue weighted by Gasteiger charge is 2.21. The molecule has 57 heavy (non-hydrogen) atoms. The van der Waals surface area contributed by atoms with Crippen molar-refractivity contribution in [2.75, 3.05) is 0 Å². The zero-order chi connectivity index (χ0) is 37.5. The molecule has 0 aliphatic carbocycles. The Hall–Kier alpha value is -7.20. The molecule has 0 aliphatic heterocycles. The Morgan fingerprint density at radius 2 is 0.719 bits per heavy atom. The maximum atomic E-state index is 5.42. The maximum absolute atomic E-state index is 5.42. The van der Waals surface area contributed by atoms with Gasteiger partial charge in [0.15, 0.2) is 5.82 Å². The Labute approximate surface area is 333 Å². The van der Waals surface area contributed by atoms with Gasteiger partial charge in [-0.1, -0.05) is 176 Å². The Morgan fingerprint density at radius 1 is 0.281 bits per heavy atom. The lowest BCUT2D eigenvalue weighted by Crippen LogP contribution is -1.94. The summed E-state index contributed by atoms with van der Waals surface area (Å²) in [6, 6.07) is 70.3. The van der Waals surface area contributed by atoms with Crippen molar-refractivity contribution in [2.24, 2.45) is 0 Å². The molecule has 0 amide bonds.